The minimum absolute atomic E-state index is 0.165. The van der Waals surface area contributed by atoms with Crippen LogP contribution in [0.1, 0.15) is 48.0 Å². The SMILES string of the molecule is Cc1csc(C(C)NC(C)c2nccnc2C)n1. The molecule has 0 aliphatic rings. The zero-order valence-corrected chi connectivity index (χ0v) is 12.0. The molecule has 0 aliphatic carbocycles. The Labute approximate surface area is 112 Å². The van der Waals surface area contributed by atoms with Gasteiger partial charge in [-0.3, -0.25) is 15.3 Å². The van der Waals surface area contributed by atoms with Crippen molar-refractivity contribution in [1.29, 1.82) is 0 Å². The molecule has 2 aromatic rings. The highest BCUT2D eigenvalue weighted by Gasteiger charge is 2.16. The molecule has 2 heterocycles. The van der Waals surface area contributed by atoms with Gasteiger partial charge in [0.25, 0.3) is 0 Å². The van der Waals surface area contributed by atoms with Crippen LogP contribution in [0, 0.1) is 13.8 Å². The number of nitrogens with zero attached hydrogens (tertiary/aromatic N) is 3. The van der Waals surface area contributed by atoms with Crippen molar-refractivity contribution < 1.29 is 0 Å². The fourth-order valence-electron chi connectivity index (χ4n) is 1.94. The Bertz CT molecular complexity index is 523. The maximum absolute atomic E-state index is 4.50. The van der Waals surface area contributed by atoms with Crippen molar-refractivity contribution >= 4 is 11.3 Å². The van der Waals surface area contributed by atoms with Gasteiger partial charge in [0.1, 0.15) is 5.01 Å². The second-order valence-corrected chi connectivity index (χ2v) is 5.35. The highest BCUT2D eigenvalue weighted by atomic mass is 32.1. The number of rotatable bonds is 4. The Balaban J connectivity index is 2.08. The number of aromatic nitrogens is 3. The maximum atomic E-state index is 4.50. The van der Waals surface area contributed by atoms with Gasteiger partial charge in [0.2, 0.25) is 0 Å². The van der Waals surface area contributed by atoms with Gasteiger partial charge < -0.3 is 0 Å². The van der Waals surface area contributed by atoms with Crippen molar-refractivity contribution in [3.8, 4) is 0 Å². The molecule has 4 nitrogen and oxygen atoms in total. The zero-order chi connectivity index (χ0) is 13.1. The van der Waals surface area contributed by atoms with E-state index in [1.807, 2.05) is 13.8 Å². The molecule has 2 unspecified atom stereocenters. The van der Waals surface area contributed by atoms with E-state index in [0.717, 1.165) is 22.1 Å². The summed E-state index contributed by atoms with van der Waals surface area (Å²) in [6.07, 6.45) is 3.46. The van der Waals surface area contributed by atoms with Crippen molar-refractivity contribution in [2.75, 3.05) is 0 Å². The second kappa shape index (κ2) is 5.54. The summed E-state index contributed by atoms with van der Waals surface area (Å²) in [4.78, 5) is 13.2. The molecule has 0 spiro atoms. The van der Waals surface area contributed by atoms with Gasteiger partial charge in [-0.2, -0.15) is 0 Å². The zero-order valence-electron chi connectivity index (χ0n) is 11.1. The third-order valence-electron chi connectivity index (χ3n) is 2.84. The first-order valence-corrected chi connectivity index (χ1v) is 6.91. The number of thiazole rings is 1. The monoisotopic (exact) mass is 262 g/mol. The molecule has 0 aromatic carbocycles. The number of hydrogen-bond acceptors (Lipinski definition) is 5. The first-order valence-electron chi connectivity index (χ1n) is 6.03. The molecule has 1 N–H and O–H groups in total. The quantitative estimate of drug-likeness (QED) is 0.920. The predicted octanol–water partition coefficient (Wildman–Crippen LogP) is 2.96. The van der Waals surface area contributed by atoms with Gasteiger partial charge in [-0.25, -0.2) is 4.98 Å². The third kappa shape index (κ3) is 2.91. The highest BCUT2D eigenvalue weighted by Crippen LogP contribution is 2.21. The average Bonchev–Trinajstić information content (AvgIpc) is 2.76. The van der Waals surface area contributed by atoms with Crippen LogP contribution in [0.3, 0.4) is 0 Å². The molecular formula is C13H18N4S. The minimum Gasteiger partial charge on any atom is -0.300 e. The number of hydrogen-bond donors (Lipinski definition) is 1. The fraction of sp³-hybridized carbons (Fsp3) is 0.462. The molecule has 2 rings (SSSR count). The van der Waals surface area contributed by atoms with Crippen molar-refractivity contribution in [2.24, 2.45) is 0 Å². The van der Waals surface area contributed by atoms with Crippen LogP contribution >= 0.6 is 11.3 Å². The largest absolute Gasteiger partial charge is 0.300 e. The van der Waals surface area contributed by atoms with Crippen LogP contribution in [0.2, 0.25) is 0 Å². The molecule has 0 aliphatic heterocycles. The van der Waals surface area contributed by atoms with E-state index in [1.165, 1.54) is 0 Å². The molecular weight excluding hydrogens is 244 g/mol. The van der Waals surface area contributed by atoms with Crippen LogP contribution in [0.4, 0.5) is 0 Å². The van der Waals surface area contributed by atoms with E-state index in [4.69, 9.17) is 0 Å². The summed E-state index contributed by atoms with van der Waals surface area (Å²) in [5, 5.41) is 6.70. The van der Waals surface area contributed by atoms with Gasteiger partial charge in [-0.05, 0) is 27.7 Å². The summed E-state index contributed by atoms with van der Waals surface area (Å²) in [5.41, 5.74) is 3.05. The van der Waals surface area contributed by atoms with Crippen molar-refractivity contribution in [2.45, 2.75) is 39.8 Å². The Kier molecular flexibility index (Phi) is 4.04. The number of aryl methyl sites for hydroxylation is 2. The smallest absolute Gasteiger partial charge is 0.110 e. The van der Waals surface area contributed by atoms with Gasteiger partial charge in [-0.15, -0.1) is 11.3 Å². The Morgan fingerprint density at radius 1 is 1.11 bits per heavy atom. The molecule has 0 bridgehead atoms. The van der Waals surface area contributed by atoms with E-state index >= 15 is 0 Å². The van der Waals surface area contributed by atoms with Crippen LogP contribution in [-0.2, 0) is 0 Å². The Morgan fingerprint density at radius 3 is 2.44 bits per heavy atom. The molecule has 0 saturated heterocycles. The van der Waals surface area contributed by atoms with Gasteiger partial charge in [0, 0.05) is 29.5 Å². The fourth-order valence-corrected chi connectivity index (χ4v) is 2.75. The van der Waals surface area contributed by atoms with E-state index in [0.29, 0.717) is 0 Å². The highest BCUT2D eigenvalue weighted by molar-refractivity contribution is 7.09. The van der Waals surface area contributed by atoms with Crippen LogP contribution in [0.15, 0.2) is 17.8 Å². The van der Waals surface area contributed by atoms with Crippen molar-refractivity contribution in [1.82, 2.24) is 20.3 Å². The van der Waals surface area contributed by atoms with Gasteiger partial charge >= 0.3 is 0 Å². The third-order valence-corrected chi connectivity index (χ3v) is 3.98. The summed E-state index contributed by atoms with van der Waals surface area (Å²) in [6, 6.07) is 0.387. The molecule has 18 heavy (non-hydrogen) atoms. The average molecular weight is 262 g/mol. The predicted molar refractivity (Wildman–Crippen MR) is 73.6 cm³/mol. The summed E-state index contributed by atoms with van der Waals surface area (Å²) in [7, 11) is 0. The van der Waals surface area contributed by atoms with E-state index in [2.05, 4.69) is 39.5 Å². The molecule has 0 fully saturated rings. The molecule has 0 saturated carbocycles. The van der Waals surface area contributed by atoms with Crippen LogP contribution in [0.25, 0.3) is 0 Å². The molecule has 0 amide bonds. The summed E-state index contributed by atoms with van der Waals surface area (Å²) >= 11 is 1.69. The molecule has 2 atom stereocenters. The number of nitrogens with one attached hydrogen (secondary N) is 1. The lowest BCUT2D eigenvalue weighted by atomic mass is 10.1. The Morgan fingerprint density at radius 2 is 1.83 bits per heavy atom. The first-order chi connectivity index (χ1) is 8.58. The van der Waals surface area contributed by atoms with Gasteiger partial charge in [0.05, 0.1) is 17.4 Å². The van der Waals surface area contributed by atoms with Crippen molar-refractivity contribution in [3.05, 3.63) is 39.9 Å². The van der Waals surface area contributed by atoms with E-state index in [-0.39, 0.29) is 12.1 Å². The standard InChI is InChI=1S/C13H18N4S/c1-8-7-18-13(16-8)11(4)17-10(3)12-9(2)14-5-6-15-12/h5-7,10-11,17H,1-4H3. The van der Waals surface area contributed by atoms with E-state index < -0.39 is 0 Å². The van der Waals surface area contributed by atoms with Crippen LogP contribution < -0.4 is 5.32 Å². The second-order valence-electron chi connectivity index (χ2n) is 4.46. The van der Waals surface area contributed by atoms with Crippen LogP contribution in [0.5, 0.6) is 0 Å². The molecule has 0 radical (unpaired) electrons. The van der Waals surface area contributed by atoms with Crippen LogP contribution in [-0.4, -0.2) is 15.0 Å². The lowest BCUT2D eigenvalue weighted by Crippen LogP contribution is -2.24. The summed E-state index contributed by atoms with van der Waals surface area (Å²) in [5.74, 6) is 0. The summed E-state index contributed by atoms with van der Waals surface area (Å²) in [6.45, 7) is 8.23. The molecule has 5 heteroatoms. The minimum atomic E-state index is 0.165. The lowest BCUT2D eigenvalue weighted by Gasteiger charge is -2.18. The first kappa shape index (κ1) is 13.1. The topological polar surface area (TPSA) is 50.7 Å². The Hall–Kier alpha value is -1.33. The van der Waals surface area contributed by atoms with E-state index in [1.54, 1.807) is 23.7 Å². The van der Waals surface area contributed by atoms with Crippen molar-refractivity contribution in [3.63, 3.8) is 0 Å². The normalized spacial score (nSPS) is 14.4. The summed E-state index contributed by atoms with van der Waals surface area (Å²) < 4.78 is 0. The lowest BCUT2D eigenvalue weighted by molar-refractivity contribution is 0.481. The van der Waals surface area contributed by atoms with E-state index in [9.17, 15) is 0 Å². The van der Waals surface area contributed by atoms with Gasteiger partial charge in [0.15, 0.2) is 0 Å². The maximum Gasteiger partial charge on any atom is 0.110 e. The molecule has 2 aromatic heterocycles. The molecule has 96 valence electrons. The van der Waals surface area contributed by atoms with Gasteiger partial charge in [-0.1, -0.05) is 0 Å².